The third-order valence-corrected chi connectivity index (χ3v) is 9.16. The van der Waals surface area contributed by atoms with Crippen molar-refractivity contribution in [2.24, 2.45) is 11.7 Å². The zero-order valence-electron chi connectivity index (χ0n) is 28.3. The lowest BCUT2D eigenvalue weighted by molar-refractivity contribution is 0.0734. The Bertz CT molecular complexity index is 2180. The third-order valence-electron chi connectivity index (χ3n) is 9.16. The second-order valence-corrected chi connectivity index (χ2v) is 12.9. The number of hydrogen-bond donors (Lipinski definition) is 3. The van der Waals surface area contributed by atoms with Gasteiger partial charge in [0.15, 0.2) is 0 Å². The van der Waals surface area contributed by atoms with Crippen molar-refractivity contribution in [2.75, 3.05) is 24.9 Å². The molecule has 4 aromatic carbocycles. The van der Waals surface area contributed by atoms with E-state index in [1.165, 1.54) is 6.07 Å². The van der Waals surface area contributed by atoms with E-state index in [0.29, 0.717) is 29.2 Å². The van der Waals surface area contributed by atoms with Gasteiger partial charge in [-0.2, -0.15) is 5.10 Å². The molecule has 7 rings (SSSR count). The summed E-state index contributed by atoms with van der Waals surface area (Å²) in [5.41, 5.74) is 9.97. The van der Waals surface area contributed by atoms with Crippen molar-refractivity contribution < 1.29 is 24.3 Å². The summed E-state index contributed by atoms with van der Waals surface area (Å²) in [6.45, 7) is 1.09. The molecule has 264 valence electrons. The molecule has 5 aromatic rings. The van der Waals surface area contributed by atoms with Crippen LogP contribution in [0.15, 0.2) is 115 Å². The number of nitrogens with two attached hydrogens (primary N) is 1. The molecule has 0 saturated heterocycles. The number of amides is 3. The summed E-state index contributed by atoms with van der Waals surface area (Å²) in [5, 5.41) is 30.6. The number of rotatable bonds is 14. The molecule has 0 unspecified atom stereocenters. The lowest BCUT2D eigenvalue weighted by Crippen LogP contribution is -2.33. The average Bonchev–Trinajstić information content (AvgIpc) is 3.66. The van der Waals surface area contributed by atoms with Gasteiger partial charge in [0.2, 0.25) is 5.91 Å². The molecule has 4 N–H and O–H groups in total. The van der Waals surface area contributed by atoms with Crippen molar-refractivity contribution in [1.29, 1.82) is 0 Å². The number of carbonyl (C=O) groups excluding carboxylic acids is 3. The lowest BCUT2D eigenvalue weighted by Gasteiger charge is -2.29. The van der Waals surface area contributed by atoms with Gasteiger partial charge < -0.3 is 31.1 Å². The minimum atomic E-state index is -0.501. The van der Waals surface area contributed by atoms with Crippen LogP contribution in [0.25, 0.3) is 27.8 Å². The maximum Gasteiger partial charge on any atom is 0.254 e. The fraction of sp³-hybridized carbons (Fsp3) is 0.200. The number of nitrogens with zero attached hydrogens (tertiary/aromatic N) is 4. The third kappa shape index (κ3) is 7.58. The minimum Gasteiger partial charge on any atom is -0.733 e. The van der Waals surface area contributed by atoms with E-state index in [4.69, 9.17) is 15.6 Å². The van der Waals surface area contributed by atoms with Crippen LogP contribution in [-0.4, -0.2) is 57.3 Å². The van der Waals surface area contributed by atoms with E-state index in [-0.39, 0.29) is 42.1 Å². The first-order valence-electron chi connectivity index (χ1n) is 17.1. The number of para-hydroxylation sites is 1. The van der Waals surface area contributed by atoms with Crippen molar-refractivity contribution in [3.63, 3.8) is 0 Å². The first-order chi connectivity index (χ1) is 25.2. The maximum atomic E-state index is 14.0. The Labute approximate surface area is 299 Å². The molecule has 1 aromatic heterocycles. The van der Waals surface area contributed by atoms with Gasteiger partial charge in [-0.05, 0) is 97.5 Å². The van der Waals surface area contributed by atoms with Gasteiger partial charge >= 0.3 is 0 Å². The molecule has 1 saturated carbocycles. The first-order valence-corrected chi connectivity index (χ1v) is 17.1. The quantitative estimate of drug-likeness (QED) is 0.0921. The lowest BCUT2D eigenvalue weighted by atomic mass is 10.1. The molecule has 12 heteroatoms. The van der Waals surface area contributed by atoms with Crippen molar-refractivity contribution in [2.45, 2.75) is 25.8 Å². The average molecular weight is 698 g/mol. The zero-order chi connectivity index (χ0) is 36.2. The zero-order valence-corrected chi connectivity index (χ0v) is 28.3. The number of carbonyl (C=O) groups is 3. The summed E-state index contributed by atoms with van der Waals surface area (Å²) in [5.74, 6) is -0.0405. The number of hydrogen-bond acceptors (Lipinski definition) is 8. The number of nitrogens with one attached hydrogen (secondary N) is 1. The molecule has 0 aliphatic heterocycles. The molecule has 3 amide bonds. The number of fused-ring (bicyclic) bond motifs is 1. The van der Waals surface area contributed by atoms with Crippen LogP contribution >= 0.6 is 0 Å². The van der Waals surface area contributed by atoms with Crippen LogP contribution in [0.1, 0.15) is 55.9 Å². The molecular weight excluding hydrogens is 660 g/mol. The molecule has 2 aliphatic carbocycles. The Morgan fingerprint density at radius 1 is 0.962 bits per heavy atom. The number of anilines is 1. The van der Waals surface area contributed by atoms with Crippen LogP contribution in [0.5, 0.6) is 0 Å². The van der Waals surface area contributed by atoms with Crippen molar-refractivity contribution >= 4 is 34.3 Å². The Hall–Kier alpha value is -6.24. The van der Waals surface area contributed by atoms with Crippen molar-refractivity contribution in [3.05, 3.63) is 142 Å². The van der Waals surface area contributed by atoms with Crippen LogP contribution < -0.4 is 16.3 Å². The fourth-order valence-electron chi connectivity index (χ4n) is 6.23. The molecule has 2 aliphatic rings. The standard InChI is InChI=1S/C40H37N6O6/c41-38(47)28-13-11-27(12-14-28)37-34-7-3-4-8-35(34)45(43-37)32-19-17-29(18-20-32)40(49)44(24-26-9-10-26)25-31-16-15-30(23-36(31)46(50)51)39(48)42-21-22-52-33-5-1-2-6-33/h1,3-8,11-20,23,26,50H,2,9-10,21-22,24-25H2,(H2,41,47)(H,42,48)/q-1. The second-order valence-electron chi connectivity index (χ2n) is 12.9. The Kier molecular flexibility index (Phi) is 9.83. The topological polar surface area (TPSA) is 166 Å². The summed E-state index contributed by atoms with van der Waals surface area (Å²) in [6, 6.07) is 26.5. The second kappa shape index (κ2) is 14.9. The fourth-order valence-corrected chi connectivity index (χ4v) is 6.23. The van der Waals surface area contributed by atoms with E-state index >= 15 is 0 Å². The van der Waals surface area contributed by atoms with Crippen LogP contribution in [0.3, 0.4) is 0 Å². The highest BCUT2D eigenvalue weighted by Crippen LogP contribution is 2.33. The first kappa shape index (κ1) is 34.2. The van der Waals surface area contributed by atoms with Gasteiger partial charge in [-0.1, -0.05) is 42.5 Å². The van der Waals surface area contributed by atoms with E-state index in [2.05, 4.69) is 5.32 Å². The molecule has 0 spiro atoms. The maximum absolute atomic E-state index is 14.0. The number of benzene rings is 4. The summed E-state index contributed by atoms with van der Waals surface area (Å²) in [7, 11) is 0. The summed E-state index contributed by atoms with van der Waals surface area (Å²) >= 11 is 0. The minimum absolute atomic E-state index is 0.0613. The van der Waals surface area contributed by atoms with Gasteiger partial charge in [-0.25, -0.2) is 4.68 Å². The number of primary amides is 1. The highest BCUT2D eigenvalue weighted by atomic mass is 16.8. The van der Waals surface area contributed by atoms with Crippen LogP contribution in [-0.2, 0) is 11.3 Å². The number of allylic oxidation sites excluding steroid dienone is 3. The molecule has 1 heterocycles. The Balaban J connectivity index is 1.08. The molecular formula is C40H37N6O6-. The summed E-state index contributed by atoms with van der Waals surface area (Å²) in [6.07, 6.45) is 8.62. The van der Waals surface area contributed by atoms with Crippen LogP contribution in [0, 0.1) is 11.1 Å². The molecule has 0 bridgehead atoms. The van der Waals surface area contributed by atoms with Crippen molar-refractivity contribution in [1.82, 2.24) is 20.0 Å². The Morgan fingerprint density at radius 3 is 2.38 bits per heavy atom. The number of ether oxygens (including phenoxy) is 1. The molecule has 0 atom stereocenters. The van der Waals surface area contributed by atoms with Crippen LogP contribution in [0.4, 0.5) is 5.69 Å². The van der Waals surface area contributed by atoms with Crippen molar-refractivity contribution in [3.8, 4) is 16.9 Å². The smallest absolute Gasteiger partial charge is 0.254 e. The van der Waals surface area contributed by atoms with Gasteiger partial charge in [0, 0.05) is 40.7 Å². The summed E-state index contributed by atoms with van der Waals surface area (Å²) in [4.78, 5) is 40.1. The van der Waals surface area contributed by atoms with Gasteiger partial charge in [0.05, 0.1) is 23.4 Å². The van der Waals surface area contributed by atoms with E-state index in [0.717, 1.165) is 52.9 Å². The van der Waals surface area contributed by atoms with E-state index in [1.54, 1.807) is 41.3 Å². The monoisotopic (exact) mass is 697 g/mol. The SMILES string of the molecule is NC(=O)c1ccc(-c2nn(-c3ccc(C(=O)N(Cc4ccc(C(=O)NCCOC5=CCC=C5)cc4N([O-])O)CC4CC4)cc3)c3ccccc23)cc1. The highest BCUT2D eigenvalue weighted by molar-refractivity contribution is 5.98. The normalized spacial score (nSPS) is 13.5. The van der Waals surface area contributed by atoms with Gasteiger partial charge in [-0.15, -0.1) is 0 Å². The molecule has 0 radical (unpaired) electrons. The van der Waals surface area contributed by atoms with Gasteiger partial charge in [0.25, 0.3) is 11.8 Å². The van der Waals surface area contributed by atoms with E-state index in [9.17, 15) is 24.8 Å². The van der Waals surface area contributed by atoms with Crippen LogP contribution in [0.2, 0.25) is 0 Å². The molecule has 52 heavy (non-hydrogen) atoms. The van der Waals surface area contributed by atoms with Gasteiger partial charge in [-0.3, -0.25) is 19.6 Å². The highest BCUT2D eigenvalue weighted by Gasteiger charge is 2.28. The predicted molar refractivity (Wildman–Crippen MR) is 197 cm³/mol. The van der Waals surface area contributed by atoms with E-state index < -0.39 is 11.8 Å². The van der Waals surface area contributed by atoms with E-state index in [1.807, 2.05) is 71.4 Å². The number of aromatic nitrogens is 2. The summed E-state index contributed by atoms with van der Waals surface area (Å²) < 4.78 is 7.40. The predicted octanol–water partition coefficient (Wildman–Crippen LogP) is 6.13. The Morgan fingerprint density at radius 2 is 1.69 bits per heavy atom. The largest absolute Gasteiger partial charge is 0.733 e. The molecule has 12 nitrogen and oxygen atoms in total. The molecule has 1 fully saturated rings. The van der Waals surface area contributed by atoms with Gasteiger partial charge in [0.1, 0.15) is 18.1 Å².